The van der Waals surface area contributed by atoms with Gasteiger partial charge in [0.2, 0.25) is 16.8 Å². The number of nitrogens with one attached hydrogen (secondary N) is 1. The number of fused-ring (bicyclic) bond motifs is 2. The maximum absolute atomic E-state index is 14.5. The van der Waals surface area contributed by atoms with Crippen LogP contribution in [0, 0.1) is 11.3 Å². The molecule has 14 nitrogen and oxygen atoms in total. The molecule has 282 valence electrons. The monoisotopic (exact) mass is 733 g/mol. The summed E-state index contributed by atoms with van der Waals surface area (Å²) < 4.78 is 57.5. The summed E-state index contributed by atoms with van der Waals surface area (Å²) in [6.45, 7) is 6.69. The van der Waals surface area contributed by atoms with Crippen molar-refractivity contribution in [3.8, 4) is 11.5 Å². The van der Waals surface area contributed by atoms with E-state index in [0.717, 1.165) is 24.8 Å². The molecular formula is C36H51N3O11S. The average molecular weight is 734 g/mol. The van der Waals surface area contributed by atoms with E-state index in [9.17, 15) is 28.2 Å². The molecular weight excluding hydrogens is 682 g/mol. The van der Waals surface area contributed by atoms with Gasteiger partial charge < -0.3 is 39.2 Å². The smallest absolute Gasteiger partial charge is 0.407 e. The standard InChI is InChI=1S/C36H51N3O11S/c1-4-46-34(41)37-17-10-6-9-16-36(2,3)23-38(51(44,45)26-13-14-31-32(20-26)50-24-49-31)21-30(40)28(19-25-11-7-5-8-12-25)39(35(42)43)29-22-48-33-27(29)15-18-47-33/h5,7-8,11-14,20,27-30,33,40H,4,6,9-10,15-19,21-24H2,1-3H3,(H,37,41)(H,42,43)/t27-,28-,29-,30+,33+/m0/s1. The van der Waals surface area contributed by atoms with E-state index >= 15 is 0 Å². The zero-order chi connectivity index (χ0) is 36.6. The lowest BCUT2D eigenvalue weighted by Gasteiger charge is -2.40. The van der Waals surface area contributed by atoms with Crippen molar-refractivity contribution >= 4 is 22.2 Å². The Hall–Kier alpha value is -3.63. The van der Waals surface area contributed by atoms with E-state index in [-0.39, 0.29) is 43.7 Å². The molecule has 3 aliphatic rings. The summed E-state index contributed by atoms with van der Waals surface area (Å²) in [6, 6.07) is 12.1. The number of ether oxygens (including phenoxy) is 5. The molecule has 0 spiro atoms. The number of amides is 2. The largest absolute Gasteiger partial charge is 0.465 e. The third-order valence-corrected chi connectivity index (χ3v) is 11.5. The summed E-state index contributed by atoms with van der Waals surface area (Å²) in [6.07, 6.45) is 0.137. The van der Waals surface area contributed by atoms with E-state index in [2.05, 4.69) is 5.32 Å². The second-order valence-electron chi connectivity index (χ2n) is 14.0. The fraction of sp³-hybridized carbons (Fsp3) is 0.611. The Morgan fingerprint density at radius 1 is 1.06 bits per heavy atom. The molecule has 0 bridgehead atoms. The van der Waals surface area contributed by atoms with Crippen molar-refractivity contribution in [2.24, 2.45) is 11.3 Å². The number of hydrogen-bond donors (Lipinski definition) is 3. The molecule has 0 aromatic heterocycles. The summed E-state index contributed by atoms with van der Waals surface area (Å²) in [7, 11) is -4.22. The predicted molar refractivity (Wildman–Crippen MR) is 186 cm³/mol. The number of unbranched alkanes of at least 4 members (excludes halogenated alkanes) is 2. The Kier molecular flexibility index (Phi) is 13.1. The quantitative estimate of drug-likeness (QED) is 0.185. The van der Waals surface area contributed by atoms with Gasteiger partial charge in [-0.15, -0.1) is 0 Å². The molecule has 5 atom stereocenters. The second-order valence-corrected chi connectivity index (χ2v) is 16.0. The summed E-state index contributed by atoms with van der Waals surface area (Å²) in [5.41, 5.74) is 0.265. The minimum Gasteiger partial charge on any atom is -0.465 e. The summed E-state index contributed by atoms with van der Waals surface area (Å²) in [5.74, 6) is 0.540. The molecule has 2 amide bonds. The Labute approximate surface area is 300 Å². The number of hydrogen-bond acceptors (Lipinski definition) is 10. The van der Waals surface area contributed by atoms with Crippen molar-refractivity contribution in [2.75, 3.05) is 46.2 Å². The van der Waals surface area contributed by atoms with Gasteiger partial charge >= 0.3 is 12.2 Å². The van der Waals surface area contributed by atoms with Crippen molar-refractivity contribution in [1.29, 1.82) is 0 Å². The van der Waals surface area contributed by atoms with E-state index in [0.29, 0.717) is 44.1 Å². The van der Waals surface area contributed by atoms with Crippen LogP contribution in [0.3, 0.4) is 0 Å². The Balaban J connectivity index is 1.39. The molecule has 3 aliphatic heterocycles. The molecule has 3 N–H and O–H groups in total. The first-order valence-corrected chi connectivity index (χ1v) is 19.1. The number of carbonyl (C=O) groups excluding carboxylic acids is 1. The fourth-order valence-corrected chi connectivity index (χ4v) is 8.80. The van der Waals surface area contributed by atoms with Gasteiger partial charge in [-0.05, 0) is 55.7 Å². The van der Waals surface area contributed by atoms with E-state index in [1.54, 1.807) is 13.0 Å². The first kappa shape index (κ1) is 38.6. The van der Waals surface area contributed by atoms with E-state index in [1.165, 1.54) is 21.3 Å². The van der Waals surface area contributed by atoms with Gasteiger partial charge in [-0.2, -0.15) is 4.31 Å². The third-order valence-electron chi connectivity index (χ3n) is 9.73. The van der Waals surface area contributed by atoms with Gasteiger partial charge in [0.15, 0.2) is 17.8 Å². The molecule has 51 heavy (non-hydrogen) atoms. The van der Waals surface area contributed by atoms with Crippen molar-refractivity contribution < 1.29 is 51.9 Å². The van der Waals surface area contributed by atoms with Gasteiger partial charge in [-0.25, -0.2) is 18.0 Å². The maximum atomic E-state index is 14.5. The average Bonchev–Trinajstić information content (AvgIpc) is 3.85. The summed E-state index contributed by atoms with van der Waals surface area (Å²) >= 11 is 0. The number of sulfonamides is 1. The van der Waals surface area contributed by atoms with Gasteiger partial charge in [0, 0.05) is 31.6 Å². The summed E-state index contributed by atoms with van der Waals surface area (Å²) in [4.78, 5) is 25.9. The van der Waals surface area contributed by atoms with Crippen LogP contribution in [0.1, 0.15) is 58.4 Å². The molecule has 5 rings (SSSR count). The van der Waals surface area contributed by atoms with Crippen LogP contribution in [0.5, 0.6) is 11.5 Å². The minimum atomic E-state index is -4.22. The van der Waals surface area contributed by atoms with Gasteiger partial charge in [-0.1, -0.05) is 57.0 Å². The van der Waals surface area contributed by atoms with Gasteiger partial charge in [0.1, 0.15) is 0 Å². The highest BCUT2D eigenvalue weighted by Crippen LogP contribution is 2.38. The first-order chi connectivity index (χ1) is 24.4. The number of alkyl carbamates (subject to hydrolysis) is 1. The number of benzene rings is 2. The lowest BCUT2D eigenvalue weighted by molar-refractivity contribution is -0.0906. The zero-order valence-electron chi connectivity index (χ0n) is 29.6. The molecule has 0 saturated carbocycles. The number of aliphatic hydroxyl groups is 1. The van der Waals surface area contributed by atoms with Gasteiger partial charge in [0.05, 0.1) is 42.9 Å². The number of nitrogens with zero attached hydrogens (tertiary/aromatic N) is 2. The highest BCUT2D eigenvalue weighted by molar-refractivity contribution is 7.89. The highest BCUT2D eigenvalue weighted by Gasteiger charge is 2.49. The van der Waals surface area contributed by atoms with Crippen LogP contribution in [0.15, 0.2) is 53.4 Å². The number of rotatable bonds is 18. The molecule has 2 fully saturated rings. The van der Waals surface area contributed by atoms with Crippen LogP contribution in [-0.2, 0) is 30.7 Å². The lowest BCUT2D eigenvalue weighted by atomic mass is 9.86. The topological polar surface area (TPSA) is 173 Å². The van der Waals surface area contributed by atoms with Gasteiger partial charge in [-0.3, -0.25) is 4.90 Å². The SMILES string of the molecule is CCOC(=O)NCCCCCC(C)(C)CN(C[C@@H](O)[C@H](Cc1ccccc1)N(C(=O)O)[C@H]1CO[C@H]2OCC[C@H]21)S(=O)(=O)c1ccc2c(c1)OCO2. The third kappa shape index (κ3) is 9.83. The van der Waals surface area contributed by atoms with Crippen LogP contribution < -0.4 is 14.8 Å². The van der Waals surface area contributed by atoms with E-state index in [1.807, 2.05) is 44.2 Å². The van der Waals surface area contributed by atoms with Crippen molar-refractivity contribution in [2.45, 2.75) is 88.7 Å². The van der Waals surface area contributed by atoms with Crippen LogP contribution in [-0.4, -0.2) is 111 Å². The minimum absolute atomic E-state index is 0.0203. The van der Waals surface area contributed by atoms with Crippen LogP contribution in [0.25, 0.3) is 0 Å². The van der Waals surface area contributed by atoms with Crippen molar-refractivity contribution in [3.63, 3.8) is 0 Å². The molecule has 0 aliphatic carbocycles. The van der Waals surface area contributed by atoms with Crippen molar-refractivity contribution in [3.05, 3.63) is 54.1 Å². The normalized spacial score (nSPS) is 20.9. The molecule has 2 aromatic rings. The van der Waals surface area contributed by atoms with E-state index < -0.39 is 52.1 Å². The lowest BCUT2D eigenvalue weighted by Crippen LogP contribution is -2.58. The molecule has 2 aromatic carbocycles. The number of carboxylic acid groups (broad SMARTS) is 1. The van der Waals surface area contributed by atoms with Crippen LogP contribution >= 0.6 is 0 Å². The Morgan fingerprint density at radius 3 is 2.57 bits per heavy atom. The maximum Gasteiger partial charge on any atom is 0.407 e. The summed E-state index contributed by atoms with van der Waals surface area (Å²) in [5, 5.41) is 25.5. The Bertz CT molecular complexity index is 1580. The molecule has 3 heterocycles. The molecule has 0 radical (unpaired) electrons. The number of aliphatic hydroxyl groups excluding tert-OH is 1. The fourth-order valence-electron chi connectivity index (χ4n) is 7.13. The van der Waals surface area contributed by atoms with E-state index in [4.69, 9.17) is 23.7 Å². The molecule has 0 unspecified atom stereocenters. The van der Waals surface area contributed by atoms with Gasteiger partial charge in [0.25, 0.3) is 0 Å². The van der Waals surface area contributed by atoms with Crippen LogP contribution in [0.2, 0.25) is 0 Å². The number of carbonyl (C=O) groups is 2. The first-order valence-electron chi connectivity index (χ1n) is 17.7. The highest BCUT2D eigenvalue weighted by atomic mass is 32.2. The predicted octanol–water partition coefficient (Wildman–Crippen LogP) is 4.45. The van der Waals surface area contributed by atoms with Crippen LogP contribution in [0.4, 0.5) is 9.59 Å². The molecule has 2 saturated heterocycles. The Morgan fingerprint density at radius 2 is 1.82 bits per heavy atom. The molecule has 15 heteroatoms. The second kappa shape index (κ2) is 17.3. The zero-order valence-corrected chi connectivity index (χ0v) is 30.4. The van der Waals surface area contributed by atoms with Crippen molar-refractivity contribution in [1.82, 2.24) is 14.5 Å².